The van der Waals surface area contributed by atoms with Crippen LogP contribution >= 0.6 is 0 Å². The van der Waals surface area contributed by atoms with Crippen molar-refractivity contribution in [3.05, 3.63) is 0 Å². The molecule has 17 heavy (non-hydrogen) atoms. The number of rotatable bonds is 7. The van der Waals surface area contributed by atoms with E-state index in [1.807, 2.05) is 13.8 Å². The second-order valence-corrected chi connectivity index (χ2v) is 5.17. The minimum absolute atomic E-state index is 0.0231. The van der Waals surface area contributed by atoms with Gasteiger partial charge < -0.3 is 14.8 Å². The van der Waals surface area contributed by atoms with Crippen LogP contribution in [-0.4, -0.2) is 30.4 Å². The van der Waals surface area contributed by atoms with E-state index < -0.39 is 11.8 Å². The van der Waals surface area contributed by atoms with Crippen LogP contribution in [0.5, 0.6) is 0 Å². The number of nitrogens with one attached hydrogen (secondary N) is 1. The maximum absolute atomic E-state index is 11.3. The molecule has 1 unspecified atom stereocenters. The first kappa shape index (κ1) is 16.2. The molecule has 0 radical (unpaired) electrons. The fourth-order valence-corrected chi connectivity index (χ4v) is 2.09. The largest absolute Gasteiger partial charge is 0.508 e. The molecule has 0 amide bonds. The second-order valence-electron chi connectivity index (χ2n) is 5.17. The van der Waals surface area contributed by atoms with Crippen LogP contribution in [-0.2, 0) is 9.47 Å². The molecule has 0 fully saturated rings. The topological polar surface area (TPSA) is 47.6 Å². The minimum atomic E-state index is -0.590. The molecule has 0 rings (SSSR count). The van der Waals surface area contributed by atoms with Gasteiger partial charge in [-0.05, 0) is 40.7 Å². The molecule has 0 heterocycles. The third-order valence-corrected chi connectivity index (χ3v) is 2.82. The van der Waals surface area contributed by atoms with Crippen molar-refractivity contribution in [1.82, 2.24) is 5.32 Å². The lowest BCUT2D eigenvalue weighted by Gasteiger charge is -2.37. The van der Waals surface area contributed by atoms with Crippen LogP contribution in [0.2, 0.25) is 0 Å². The van der Waals surface area contributed by atoms with Gasteiger partial charge in [-0.25, -0.2) is 4.79 Å². The van der Waals surface area contributed by atoms with Crippen LogP contribution in [0.15, 0.2) is 0 Å². The molecule has 0 saturated heterocycles. The number of hydrogen-bond donors (Lipinski definition) is 1. The monoisotopic (exact) mass is 245 g/mol. The zero-order chi connectivity index (χ0) is 13.5. The highest BCUT2D eigenvalue weighted by Gasteiger charge is 2.33. The van der Waals surface area contributed by atoms with Crippen LogP contribution in [0, 0.1) is 0 Å². The Morgan fingerprint density at radius 2 is 1.76 bits per heavy atom. The molecule has 0 aliphatic heterocycles. The summed E-state index contributed by atoms with van der Waals surface area (Å²) < 4.78 is 10.1. The molecule has 0 aliphatic rings. The molecule has 0 spiro atoms. The Balaban J connectivity index is 4.44. The van der Waals surface area contributed by atoms with Gasteiger partial charge in [0.2, 0.25) is 0 Å². The number of ether oxygens (including phenoxy) is 2. The predicted molar refractivity (Wildman–Crippen MR) is 69.2 cm³/mol. The van der Waals surface area contributed by atoms with Crippen molar-refractivity contribution in [3.8, 4) is 0 Å². The maximum atomic E-state index is 11.3. The van der Waals surface area contributed by atoms with E-state index in [1.54, 1.807) is 6.92 Å². The lowest BCUT2D eigenvalue weighted by Crippen LogP contribution is -2.48. The Labute approximate surface area is 105 Å². The lowest BCUT2D eigenvalue weighted by molar-refractivity contribution is -0.0308. The van der Waals surface area contributed by atoms with Crippen LogP contribution in [0.4, 0.5) is 4.79 Å². The summed E-state index contributed by atoms with van der Waals surface area (Å²) in [7, 11) is 0. The summed E-state index contributed by atoms with van der Waals surface area (Å²) in [6, 6.07) is 0. The first-order valence-electron chi connectivity index (χ1n) is 6.39. The molecular weight excluding hydrogens is 218 g/mol. The summed E-state index contributed by atoms with van der Waals surface area (Å²) in [5.41, 5.74) is -0.552. The lowest BCUT2D eigenvalue weighted by atomic mass is 9.85. The van der Waals surface area contributed by atoms with Gasteiger partial charge in [0.05, 0.1) is 6.61 Å². The van der Waals surface area contributed by atoms with Crippen molar-refractivity contribution < 1.29 is 14.3 Å². The normalized spacial score (nSPS) is 15.2. The van der Waals surface area contributed by atoms with Gasteiger partial charge in [0.15, 0.2) is 0 Å². The summed E-state index contributed by atoms with van der Waals surface area (Å²) in [4.78, 5) is 11.3. The number of carbonyl (C=O) groups is 1. The molecule has 102 valence electrons. The smallest absolute Gasteiger partial charge is 0.435 e. The Morgan fingerprint density at radius 1 is 1.18 bits per heavy atom. The average Bonchev–Trinajstić information content (AvgIpc) is 2.16. The SMILES string of the molecule is CCNC(C)(CC)CC(C)(C)OC(=O)OCC. The average molecular weight is 245 g/mol. The van der Waals surface area contributed by atoms with Crippen molar-refractivity contribution in [1.29, 1.82) is 0 Å². The van der Waals surface area contributed by atoms with E-state index in [0.29, 0.717) is 6.61 Å². The highest BCUT2D eigenvalue weighted by Crippen LogP contribution is 2.26. The van der Waals surface area contributed by atoms with Crippen molar-refractivity contribution >= 4 is 6.16 Å². The van der Waals surface area contributed by atoms with Crippen molar-refractivity contribution in [2.75, 3.05) is 13.2 Å². The van der Waals surface area contributed by atoms with E-state index in [4.69, 9.17) is 9.47 Å². The molecule has 0 saturated carbocycles. The van der Waals surface area contributed by atoms with Crippen LogP contribution < -0.4 is 5.32 Å². The van der Waals surface area contributed by atoms with Gasteiger partial charge in [-0.3, -0.25) is 0 Å². The highest BCUT2D eigenvalue weighted by molar-refractivity contribution is 5.60. The summed E-state index contributed by atoms with van der Waals surface area (Å²) >= 11 is 0. The van der Waals surface area contributed by atoms with Crippen LogP contribution in [0.3, 0.4) is 0 Å². The molecule has 1 atom stereocenters. The van der Waals surface area contributed by atoms with Gasteiger partial charge in [-0.2, -0.15) is 0 Å². The van der Waals surface area contributed by atoms with E-state index >= 15 is 0 Å². The van der Waals surface area contributed by atoms with Crippen LogP contribution in [0.25, 0.3) is 0 Å². The van der Waals surface area contributed by atoms with Gasteiger partial charge in [0.1, 0.15) is 5.60 Å². The molecule has 0 bridgehead atoms. The van der Waals surface area contributed by atoms with Gasteiger partial charge in [0, 0.05) is 12.0 Å². The van der Waals surface area contributed by atoms with Crippen molar-refractivity contribution in [2.45, 2.75) is 65.5 Å². The highest BCUT2D eigenvalue weighted by atomic mass is 16.7. The van der Waals surface area contributed by atoms with Crippen molar-refractivity contribution in [2.24, 2.45) is 0 Å². The zero-order valence-electron chi connectivity index (χ0n) is 12.1. The fraction of sp³-hybridized carbons (Fsp3) is 0.923. The minimum Gasteiger partial charge on any atom is -0.435 e. The Bertz CT molecular complexity index is 241. The van der Waals surface area contributed by atoms with Gasteiger partial charge >= 0.3 is 6.16 Å². The van der Waals surface area contributed by atoms with Gasteiger partial charge in [-0.1, -0.05) is 13.8 Å². The first-order chi connectivity index (χ1) is 7.78. The summed E-state index contributed by atoms with van der Waals surface area (Å²) in [6.45, 7) is 13.2. The van der Waals surface area contributed by atoms with Gasteiger partial charge in [-0.15, -0.1) is 0 Å². The number of carbonyl (C=O) groups excluding carboxylic acids is 1. The molecule has 4 heteroatoms. The molecule has 0 aliphatic carbocycles. The summed E-state index contributed by atoms with van der Waals surface area (Å²) in [5.74, 6) is 0. The molecule has 0 aromatic rings. The van der Waals surface area contributed by atoms with Crippen molar-refractivity contribution in [3.63, 3.8) is 0 Å². The Morgan fingerprint density at radius 3 is 2.18 bits per heavy atom. The maximum Gasteiger partial charge on any atom is 0.508 e. The van der Waals surface area contributed by atoms with Gasteiger partial charge in [0.25, 0.3) is 0 Å². The summed E-state index contributed by atoms with van der Waals surface area (Å²) in [6.07, 6.45) is 1.15. The Hall–Kier alpha value is -0.770. The van der Waals surface area contributed by atoms with E-state index in [9.17, 15) is 4.79 Å². The zero-order valence-corrected chi connectivity index (χ0v) is 12.1. The quantitative estimate of drug-likeness (QED) is 0.700. The number of hydrogen-bond acceptors (Lipinski definition) is 4. The molecule has 4 nitrogen and oxygen atoms in total. The molecule has 0 aromatic carbocycles. The summed E-state index contributed by atoms with van der Waals surface area (Å²) in [5, 5.41) is 3.44. The second kappa shape index (κ2) is 6.84. The van der Waals surface area contributed by atoms with E-state index in [-0.39, 0.29) is 5.54 Å². The van der Waals surface area contributed by atoms with E-state index in [0.717, 1.165) is 19.4 Å². The van der Waals surface area contributed by atoms with Crippen LogP contribution in [0.1, 0.15) is 54.4 Å². The predicted octanol–water partition coefficient (Wildman–Crippen LogP) is 3.11. The first-order valence-corrected chi connectivity index (χ1v) is 6.39. The van der Waals surface area contributed by atoms with E-state index in [1.165, 1.54) is 0 Å². The molecule has 1 N–H and O–H groups in total. The third-order valence-electron chi connectivity index (χ3n) is 2.82. The Kier molecular flexibility index (Phi) is 6.53. The third kappa shape index (κ3) is 6.51. The fourth-order valence-electron chi connectivity index (χ4n) is 2.09. The molecular formula is C13H27NO3. The molecule has 0 aromatic heterocycles. The van der Waals surface area contributed by atoms with E-state index in [2.05, 4.69) is 26.1 Å². The standard InChI is InChI=1S/C13H27NO3/c1-7-13(6,14-8-2)10-12(4,5)17-11(15)16-9-3/h14H,7-10H2,1-6H3.